The first-order valence-corrected chi connectivity index (χ1v) is 7.86. The molecule has 2 amide bonds. The van der Waals surface area contributed by atoms with Crippen LogP contribution in [0.5, 0.6) is 0 Å². The van der Waals surface area contributed by atoms with Crippen molar-refractivity contribution in [3.63, 3.8) is 0 Å². The number of carbonyl (C=O) groups is 2. The van der Waals surface area contributed by atoms with Gasteiger partial charge in [0.1, 0.15) is 0 Å². The van der Waals surface area contributed by atoms with Crippen molar-refractivity contribution in [3.05, 3.63) is 65.7 Å². The number of benzene rings is 2. The van der Waals surface area contributed by atoms with Gasteiger partial charge in [0.05, 0.1) is 6.54 Å². The van der Waals surface area contributed by atoms with Gasteiger partial charge in [0.15, 0.2) is 0 Å². The molecule has 5 nitrogen and oxygen atoms in total. The smallest absolute Gasteiger partial charge is 0.243 e. The number of carbonyl (C=O) groups excluding carboxylic acids is 2. The van der Waals surface area contributed by atoms with E-state index in [2.05, 4.69) is 5.32 Å². The summed E-state index contributed by atoms with van der Waals surface area (Å²) < 4.78 is 0. The van der Waals surface area contributed by atoms with Gasteiger partial charge >= 0.3 is 0 Å². The zero-order valence-electron chi connectivity index (χ0n) is 14.4. The van der Waals surface area contributed by atoms with Gasteiger partial charge in [0, 0.05) is 25.2 Å². The molecule has 0 heterocycles. The fraction of sp³-hybridized carbons (Fsp3) is 0.263. The van der Waals surface area contributed by atoms with Crippen LogP contribution in [0.3, 0.4) is 0 Å². The Balaban J connectivity index is 0.00000312. The van der Waals surface area contributed by atoms with Crippen molar-refractivity contribution in [2.24, 2.45) is 5.73 Å². The number of rotatable bonds is 6. The molecule has 25 heavy (non-hydrogen) atoms. The Hall–Kier alpha value is -2.37. The van der Waals surface area contributed by atoms with Crippen LogP contribution in [0.1, 0.15) is 23.6 Å². The summed E-state index contributed by atoms with van der Waals surface area (Å²) in [6, 6.07) is 16.6. The van der Waals surface area contributed by atoms with E-state index in [0.29, 0.717) is 5.69 Å². The van der Waals surface area contributed by atoms with E-state index in [1.165, 1.54) is 4.90 Å². The van der Waals surface area contributed by atoms with Crippen molar-refractivity contribution in [3.8, 4) is 0 Å². The third-order valence-electron chi connectivity index (χ3n) is 3.76. The van der Waals surface area contributed by atoms with Crippen molar-refractivity contribution in [1.82, 2.24) is 4.90 Å². The zero-order chi connectivity index (χ0) is 17.5. The van der Waals surface area contributed by atoms with Gasteiger partial charge in [-0.3, -0.25) is 9.59 Å². The molecule has 134 valence electrons. The fourth-order valence-corrected chi connectivity index (χ4v) is 2.30. The Morgan fingerprint density at radius 3 is 2.28 bits per heavy atom. The van der Waals surface area contributed by atoms with E-state index in [-0.39, 0.29) is 43.2 Å². The lowest BCUT2D eigenvalue weighted by molar-refractivity contribution is -0.133. The molecule has 0 fully saturated rings. The van der Waals surface area contributed by atoms with Crippen molar-refractivity contribution in [2.45, 2.75) is 19.4 Å². The number of hydrogen-bond acceptors (Lipinski definition) is 3. The standard InChI is InChI=1S/C19H23N3O2.ClH/c1-14-8-10-16(11-9-14)21-18(23)13-22(2)19(24)12-17(20)15-6-4-3-5-7-15;/h3-11,17H,12-13,20H2,1-2H3,(H,21,23);1H. The van der Waals surface area contributed by atoms with Crippen molar-refractivity contribution in [1.29, 1.82) is 0 Å². The second-order valence-corrected chi connectivity index (χ2v) is 5.89. The first-order chi connectivity index (χ1) is 11.5. The maximum atomic E-state index is 12.2. The van der Waals surface area contributed by atoms with E-state index in [0.717, 1.165) is 11.1 Å². The Labute approximate surface area is 154 Å². The topological polar surface area (TPSA) is 75.4 Å². The summed E-state index contributed by atoms with van der Waals surface area (Å²) in [4.78, 5) is 25.7. The highest BCUT2D eigenvalue weighted by atomic mass is 35.5. The number of nitrogens with zero attached hydrogens (tertiary/aromatic N) is 1. The summed E-state index contributed by atoms with van der Waals surface area (Å²) in [6.45, 7) is 1.97. The van der Waals surface area contributed by atoms with Gasteiger partial charge in [-0.15, -0.1) is 12.4 Å². The third kappa shape index (κ3) is 6.57. The van der Waals surface area contributed by atoms with Gasteiger partial charge in [-0.25, -0.2) is 0 Å². The lowest BCUT2D eigenvalue weighted by atomic mass is 10.0. The molecule has 6 heteroatoms. The number of nitrogens with two attached hydrogens (primary N) is 1. The molecule has 0 saturated carbocycles. The van der Waals surface area contributed by atoms with Crippen LogP contribution in [0.25, 0.3) is 0 Å². The maximum Gasteiger partial charge on any atom is 0.243 e. The summed E-state index contributed by atoms with van der Waals surface area (Å²) in [5.74, 6) is -0.395. The molecule has 0 spiro atoms. The number of nitrogens with one attached hydrogen (secondary N) is 1. The highest BCUT2D eigenvalue weighted by Crippen LogP contribution is 2.14. The van der Waals surface area contributed by atoms with Crippen molar-refractivity contribution in [2.75, 3.05) is 18.9 Å². The van der Waals surface area contributed by atoms with Crippen LogP contribution < -0.4 is 11.1 Å². The number of likely N-dealkylation sites (N-methyl/N-ethyl adjacent to an activating group) is 1. The summed E-state index contributed by atoms with van der Waals surface area (Å²) in [5, 5.41) is 2.78. The predicted molar refractivity (Wildman–Crippen MR) is 103 cm³/mol. The van der Waals surface area contributed by atoms with Crippen LogP contribution in [-0.4, -0.2) is 30.3 Å². The minimum Gasteiger partial charge on any atom is -0.336 e. The van der Waals surface area contributed by atoms with E-state index < -0.39 is 0 Å². The number of aryl methyl sites for hydroxylation is 1. The van der Waals surface area contributed by atoms with Crippen molar-refractivity contribution >= 4 is 29.9 Å². The summed E-state index contributed by atoms with van der Waals surface area (Å²) in [6.07, 6.45) is 0.165. The molecule has 0 radical (unpaired) electrons. The predicted octanol–water partition coefficient (Wildman–Crippen LogP) is 2.90. The maximum absolute atomic E-state index is 12.2. The van der Waals surface area contributed by atoms with Crippen LogP contribution in [-0.2, 0) is 9.59 Å². The second-order valence-electron chi connectivity index (χ2n) is 5.89. The second kappa shape index (κ2) is 9.81. The molecule has 1 atom stereocenters. The third-order valence-corrected chi connectivity index (χ3v) is 3.76. The molecule has 0 bridgehead atoms. The molecule has 2 aromatic carbocycles. The van der Waals surface area contributed by atoms with Crippen molar-refractivity contribution < 1.29 is 9.59 Å². The molecule has 0 saturated heterocycles. The van der Waals surface area contributed by atoms with Gasteiger partial charge in [-0.1, -0.05) is 48.0 Å². The van der Waals surface area contributed by atoms with Gasteiger partial charge in [-0.2, -0.15) is 0 Å². The molecule has 2 aromatic rings. The first kappa shape index (κ1) is 20.7. The molecule has 0 aliphatic carbocycles. The quantitative estimate of drug-likeness (QED) is 0.830. The summed E-state index contributed by atoms with van der Waals surface area (Å²) in [7, 11) is 1.61. The highest BCUT2D eigenvalue weighted by molar-refractivity contribution is 5.94. The molecule has 0 aliphatic heterocycles. The lowest BCUT2D eigenvalue weighted by Gasteiger charge is -2.19. The zero-order valence-corrected chi connectivity index (χ0v) is 15.3. The van der Waals surface area contributed by atoms with E-state index in [1.54, 1.807) is 7.05 Å². The minimum absolute atomic E-state index is 0. The Bertz CT molecular complexity index is 690. The van der Waals surface area contributed by atoms with Gasteiger partial charge < -0.3 is 16.0 Å². The Morgan fingerprint density at radius 2 is 1.68 bits per heavy atom. The van der Waals surface area contributed by atoms with E-state index >= 15 is 0 Å². The van der Waals surface area contributed by atoms with Crippen LogP contribution in [0.4, 0.5) is 5.69 Å². The van der Waals surface area contributed by atoms with Gasteiger partial charge in [0.25, 0.3) is 0 Å². The average Bonchev–Trinajstić information content (AvgIpc) is 2.57. The first-order valence-electron chi connectivity index (χ1n) is 7.86. The summed E-state index contributed by atoms with van der Waals surface area (Å²) in [5.41, 5.74) is 8.80. The normalized spacial score (nSPS) is 11.2. The van der Waals surface area contributed by atoms with E-state index in [4.69, 9.17) is 5.73 Å². The number of hydrogen-bond donors (Lipinski definition) is 2. The van der Waals surface area contributed by atoms with Crippen LogP contribution in [0.2, 0.25) is 0 Å². The lowest BCUT2D eigenvalue weighted by Crippen LogP contribution is -2.36. The van der Waals surface area contributed by atoms with Crippen LogP contribution in [0, 0.1) is 6.92 Å². The van der Waals surface area contributed by atoms with Crippen LogP contribution in [0.15, 0.2) is 54.6 Å². The molecule has 0 aliphatic rings. The number of amides is 2. The molecule has 2 rings (SSSR count). The minimum atomic E-state index is -0.374. The molecule has 1 unspecified atom stereocenters. The molecular formula is C19H24ClN3O2. The van der Waals surface area contributed by atoms with Gasteiger partial charge in [0.2, 0.25) is 11.8 Å². The van der Waals surface area contributed by atoms with E-state index in [9.17, 15) is 9.59 Å². The monoisotopic (exact) mass is 361 g/mol. The number of anilines is 1. The largest absolute Gasteiger partial charge is 0.336 e. The van der Waals surface area contributed by atoms with Gasteiger partial charge in [-0.05, 0) is 24.6 Å². The highest BCUT2D eigenvalue weighted by Gasteiger charge is 2.17. The summed E-state index contributed by atoms with van der Waals surface area (Å²) >= 11 is 0. The molecule has 3 N–H and O–H groups in total. The van der Waals surface area contributed by atoms with E-state index in [1.807, 2.05) is 61.5 Å². The molecule has 0 aromatic heterocycles. The average molecular weight is 362 g/mol. The molecular weight excluding hydrogens is 338 g/mol. The van der Waals surface area contributed by atoms with Crippen LogP contribution >= 0.6 is 12.4 Å². The number of halogens is 1. The Morgan fingerprint density at radius 1 is 1.08 bits per heavy atom. The fourth-order valence-electron chi connectivity index (χ4n) is 2.30. The SMILES string of the molecule is Cc1ccc(NC(=O)CN(C)C(=O)CC(N)c2ccccc2)cc1.Cl. The Kier molecular flexibility index (Phi) is 8.11.